The van der Waals surface area contributed by atoms with Crippen LogP contribution in [0, 0.1) is 6.92 Å². The van der Waals surface area contributed by atoms with E-state index in [4.69, 9.17) is 14.9 Å². The van der Waals surface area contributed by atoms with Gasteiger partial charge < -0.3 is 19.7 Å². The van der Waals surface area contributed by atoms with Crippen LogP contribution in [0.15, 0.2) is 24.3 Å². The Morgan fingerprint density at radius 2 is 1.56 bits per heavy atom. The standard InChI is InChI=1S/C9H12O2.C3H8O2/c1-8-2-4-9(5-3-8)11-7-6-10;1-5-3-2-4/h2-5,10H,6-7H2,1H3;4H,2-3H2,1H3. The van der Waals surface area contributed by atoms with E-state index in [2.05, 4.69) is 4.74 Å². The quantitative estimate of drug-likeness (QED) is 0.789. The Bertz CT molecular complexity index is 244. The summed E-state index contributed by atoms with van der Waals surface area (Å²) in [6.45, 7) is 3.02. The third-order valence-corrected chi connectivity index (χ3v) is 1.68. The van der Waals surface area contributed by atoms with Gasteiger partial charge in [-0.05, 0) is 19.1 Å². The minimum absolute atomic E-state index is 0.0634. The van der Waals surface area contributed by atoms with Gasteiger partial charge in [-0.1, -0.05) is 17.7 Å². The number of benzene rings is 1. The minimum atomic E-state index is 0.0634. The van der Waals surface area contributed by atoms with Crippen LogP contribution in [0.1, 0.15) is 5.56 Å². The van der Waals surface area contributed by atoms with E-state index in [0.29, 0.717) is 13.2 Å². The van der Waals surface area contributed by atoms with Gasteiger partial charge in [0.2, 0.25) is 0 Å². The fourth-order valence-electron chi connectivity index (χ4n) is 0.889. The fraction of sp³-hybridized carbons (Fsp3) is 0.500. The van der Waals surface area contributed by atoms with Gasteiger partial charge in [0.25, 0.3) is 0 Å². The molecule has 92 valence electrons. The summed E-state index contributed by atoms with van der Waals surface area (Å²) >= 11 is 0. The molecular formula is C12H20O4. The number of hydrogen-bond donors (Lipinski definition) is 2. The second kappa shape index (κ2) is 10.4. The van der Waals surface area contributed by atoms with E-state index in [1.165, 1.54) is 5.56 Å². The second-order valence-corrected chi connectivity index (χ2v) is 3.10. The molecule has 0 saturated carbocycles. The molecule has 16 heavy (non-hydrogen) atoms. The normalized spacial score (nSPS) is 9.25. The predicted molar refractivity (Wildman–Crippen MR) is 62.7 cm³/mol. The molecule has 0 aliphatic rings. The molecule has 1 aromatic carbocycles. The SMILES string of the molecule is COCCO.Cc1ccc(OCCO)cc1. The molecule has 2 N–H and O–H groups in total. The molecule has 0 unspecified atom stereocenters. The maximum Gasteiger partial charge on any atom is 0.119 e. The first-order chi connectivity index (χ1) is 7.74. The van der Waals surface area contributed by atoms with Crippen molar-refractivity contribution in [3.05, 3.63) is 29.8 Å². The van der Waals surface area contributed by atoms with Crippen LogP contribution in [-0.4, -0.2) is 43.8 Å². The Balaban J connectivity index is 0.000000385. The molecule has 1 aromatic rings. The molecule has 0 heterocycles. The van der Waals surface area contributed by atoms with Crippen molar-refractivity contribution in [1.29, 1.82) is 0 Å². The molecule has 0 aliphatic carbocycles. The molecule has 4 heteroatoms. The molecule has 0 aliphatic heterocycles. The van der Waals surface area contributed by atoms with Gasteiger partial charge in [-0.25, -0.2) is 0 Å². The minimum Gasteiger partial charge on any atom is -0.491 e. The van der Waals surface area contributed by atoms with Crippen LogP contribution in [0.4, 0.5) is 0 Å². The Labute approximate surface area is 96.4 Å². The summed E-state index contributed by atoms with van der Waals surface area (Å²) < 4.78 is 9.60. The molecule has 0 saturated heterocycles. The summed E-state index contributed by atoms with van der Waals surface area (Å²) in [5.74, 6) is 0.810. The molecule has 1 rings (SSSR count). The van der Waals surface area contributed by atoms with E-state index in [-0.39, 0.29) is 13.2 Å². The zero-order valence-electron chi connectivity index (χ0n) is 9.85. The van der Waals surface area contributed by atoms with Gasteiger partial charge in [0.05, 0.1) is 19.8 Å². The maximum absolute atomic E-state index is 8.46. The lowest BCUT2D eigenvalue weighted by molar-refractivity contribution is 0.135. The van der Waals surface area contributed by atoms with Gasteiger partial charge in [0.1, 0.15) is 12.4 Å². The summed E-state index contributed by atoms with van der Waals surface area (Å²) in [4.78, 5) is 0. The van der Waals surface area contributed by atoms with Crippen molar-refractivity contribution in [2.24, 2.45) is 0 Å². The number of aliphatic hydroxyl groups is 2. The number of rotatable bonds is 5. The van der Waals surface area contributed by atoms with Crippen LogP contribution in [0.25, 0.3) is 0 Å². The lowest BCUT2D eigenvalue weighted by Gasteiger charge is -2.02. The largest absolute Gasteiger partial charge is 0.491 e. The highest BCUT2D eigenvalue weighted by Gasteiger charge is 1.90. The zero-order chi connectivity index (χ0) is 12.2. The average Bonchev–Trinajstić information content (AvgIpc) is 2.30. The second-order valence-electron chi connectivity index (χ2n) is 3.10. The molecule has 0 spiro atoms. The van der Waals surface area contributed by atoms with Crippen molar-refractivity contribution in [2.75, 3.05) is 33.5 Å². The Kier molecular flexibility index (Phi) is 9.70. The molecule has 0 atom stereocenters. The molecule has 0 amide bonds. The topological polar surface area (TPSA) is 58.9 Å². The van der Waals surface area contributed by atoms with Crippen LogP contribution in [0.3, 0.4) is 0 Å². The molecule has 4 nitrogen and oxygen atoms in total. The first kappa shape index (κ1) is 14.9. The smallest absolute Gasteiger partial charge is 0.119 e. The fourth-order valence-corrected chi connectivity index (χ4v) is 0.889. The summed E-state index contributed by atoms with van der Waals surface area (Å²) in [5.41, 5.74) is 1.21. The van der Waals surface area contributed by atoms with Gasteiger partial charge in [0, 0.05) is 7.11 Å². The van der Waals surface area contributed by atoms with Crippen molar-refractivity contribution in [3.8, 4) is 5.75 Å². The maximum atomic E-state index is 8.46. The van der Waals surface area contributed by atoms with Crippen molar-refractivity contribution in [2.45, 2.75) is 6.92 Å². The van der Waals surface area contributed by atoms with E-state index < -0.39 is 0 Å². The van der Waals surface area contributed by atoms with E-state index in [1.807, 2.05) is 31.2 Å². The number of hydrogen-bond acceptors (Lipinski definition) is 4. The Morgan fingerprint density at radius 1 is 1.00 bits per heavy atom. The number of aryl methyl sites for hydroxylation is 1. The summed E-state index contributed by atoms with van der Waals surface area (Å²) in [7, 11) is 1.55. The van der Waals surface area contributed by atoms with Crippen LogP contribution in [0.5, 0.6) is 5.75 Å². The highest BCUT2D eigenvalue weighted by Crippen LogP contribution is 2.10. The van der Waals surface area contributed by atoms with Gasteiger partial charge in [-0.2, -0.15) is 0 Å². The number of aliphatic hydroxyl groups excluding tert-OH is 2. The molecule has 0 aromatic heterocycles. The first-order valence-corrected chi connectivity index (χ1v) is 5.14. The van der Waals surface area contributed by atoms with Gasteiger partial charge in [0.15, 0.2) is 0 Å². The molecule has 0 radical (unpaired) electrons. The highest BCUT2D eigenvalue weighted by molar-refractivity contribution is 5.26. The van der Waals surface area contributed by atoms with Crippen molar-refractivity contribution < 1.29 is 19.7 Å². The van der Waals surface area contributed by atoms with E-state index in [0.717, 1.165) is 5.75 Å². The van der Waals surface area contributed by atoms with E-state index in [9.17, 15) is 0 Å². The first-order valence-electron chi connectivity index (χ1n) is 5.14. The van der Waals surface area contributed by atoms with Crippen LogP contribution in [-0.2, 0) is 4.74 Å². The molecule has 0 bridgehead atoms. The molecular weight excluding hydrogens is 208 g/mol. The summed E-state index contributed by atoms with van der Waals surface area (Å²) in [5, 5.41) is 16.4. The summed E-state index contributed by atoms with van der Waals surface area (Å²) in [6, 6.07) is 7.75. The Morgan fingerprint density at radius 3 is 1.94 bits per heavy atom. The monoisotopic (exact) mass is 228 g/mol. The van der Waals surface area contributed by atoms with Crippen molar-refractivity contribution in [1.82, 2.24) is 0 Å². The zero-order valence-corrected chi connectivity index (χ0v) is 9.85. The number of methoxy groups -OCH3 is 1. The third-order valence-electron chi connectivity index (χ3n) is 1.68. The molecule has 0 fully saturated rings. The van der Waals surface area contributed by atoms with Crippen molar-refractivity contribution >= 4 is 0 Å². The highest BCUT2D eigenvalue weighted by atomic mass is 16.5. The predicted octanol–water partition coefficient (Wildman–Crippen LogP) is 0.991. The average molecular weight is 228 g/mol. The third kappa shape index (κ3) is 8.23. The van der Waals surface area contributed by atoms with Crippen LogP contribution in [0.2, 0.25) is 0 Å². The Hall–Kier alpha value is -1.10. The number of ether oxygens (including phenoxy) is 2. The van der Waals surface area contributed by atoms with E-state index in [1.54, 1.807) is 7.11 Å². The van der Waals surface area contributed by atoms with Crippen molar-refractivity contribution in [3.63, 3.8) is 0 Å². The van der Waals surface area contributed by atoms with E-state index >= 15 is 0 Å². The van der Waals surface area contributed by atoms with Gasteiger partial charge in [-0.3, -0.25) is 0 Å². The van der Waals surface area contributed by atoms with Crippen LogP contribution >= 0.6 is 0 Å². The lowest BCUT2D eigenvalue weighted by Crippen LogP contribution is -2.01. The van der Waals surface area contributed by atoms with Crippen LogP contribution < -0.4 is 4.74 Å². The summed E-state index contributed by atoms with van der Waals surface area (Å²) in [6.07, 6.45) is 0. The van der Waals surface area contributed by atoms with Gasteiger partial charge >= 0.3 is 0 Å². The lowest BCUT2D eigenvalue weighted by atomic mass is 10.2. The van der Waals surface area contributed by atoms with Gasteiger partial charge in [-0.15, -0.1) is 0 Å².